The maximum atomic E-state index is 12.4. The molecule has 0 fully saturated rings. The average molecular weight is 461 g/mol. The number of carbonyl (C=O) groups is 1. The van der Waals surface area contributed by atoms with Crippen molar-refractivity contribution in [1.29, 1.82) is 0 Å². The topological polar surface area (TPSA) is 69.7 Å². The van der Waals surface area contributed by atoms with Crippen LogP contribution in [0.1, 0.15) is 77.1 Å². The summed E-state index contributed by atoms with van der Waals surface area (Å²) in [6.45, 7) is 15.9. The van der Waals surface area contributed by atoms with Crippen LogP contribution < -0.4 is 4.74 Å². The number of ether oxygens (including phenoxy) is 1. The van der Waals surface area contributed by atoms with Crippen molar-refractivity contribution in [2.45, 2.75) is 84.0 Å². The van der Waals surface area contributed by atoms with Gasteiger partial charge < -0.3 is 4.74 Å². The maximum absolute atomic E-state index is 12.4. The van der Waals surface area contributed by atoms with Gasteiger partial charge in [0.25, 0.3) is 10.1 Å². The molecule has 5 nitrogen and oxygen atoms in total. The van der Waals surface area contributed by atoms with Crippen LogP contribution in [0.25, 0.3) is 0 Å². The molecule has 0 aromatic heterocycles. The molecule has 2 aromatic rings. The van der Waals surface area contributed by atoms with Gasteiger partial charge in [-0.2, -0.15) is 8.42 Å². The van der Waals surface area contributed by atoms with Gasteiger partial charge in [0.05, 0.1) is 11.5 Å². The highest BCUT2D eigenvalue weighted by atomic mass is 32.2. The van der Waals surface area contributed by atoms with Gasteiger partial charge in [-0.25, -0.2) is 0 Å². The minimum Gasteiger partial charge on any atom is -0.426 e. The first-order valence-electron chi connectivity index (χ1n) is 10.9. The van der Waals surface area contributed by atoms with Gasteiger partial charge in [0.15, 0.2) is 0 Å². The minimum absolute atomic E-state index is 0.0949. The first kappa shape index (κ1) is 26.1. The molecular formula is C26H36O5S. The molecule has 2 aromatic carbocycles. The summed E-state index contributed by atoms with van der Waals surface area (Å²) in [4.78, 5) is 12.0. The number of aryl methyl sites for hydroxylation is 2. The SMILES string of the molecule is CC(=O)Oc1c(C(C)(C)C)cc(CCCOS(=O)(=O)c2ccc(C)cc2)cc1C(C)(C)C. The van der Waals surface area contributed by atoms with Crippen LogP contribution in [-0.2, 0) is 36.3 Å². The van der Waals surface area contributed by atoms with Crippen molar-refractivity contribution in [1.82, 2.24) is 0 Å². The molecule has 0 unspecified atom stereocenters. The van der Waals surface area contributed by atoms with Gasteiger partial charge in [0, 0.05) is 18.1 Å². The number of hydrogen-bond donors (Lipinski definition) is 0. The molecular weight excluding hydrogens is 424 g/mol. The van der Waals surface area contributed by atoms with Gasteiger partial charge in [-0.1, -0.05) is 71.4 Å². The summed E-state index contributed by atoms with van der Waals surface area (Å²) < 4.78 is 35.7. The Hall–Kier alpha value is -2.18. The van der Waals surface area contributed by atoms with E-state index in [1.54, 1.807) is 24.3 Å². The molecule has 0 aliphatic rings. The Morgan fingerprint density at radius 2 is 1.41 bits per heavy atom. The van der Waals surface area contributed by atoms with Crippen LogP contribution in [-0.4, -0.2) is 21.0 Å². The predicted molar refractivity (Wildman–Crippen MR) is 128 cm³/mol. The van der Waals surface area contributed by atoms with Crippen LogP contribution in [0.2, 0.25) is 0 Å². The molecule has 0 atom stereocenters. The third-order valence-electron chi connectivity index (χ3n) is 5.17. The summed E-state index contributed by atoms with van der Waals surface area (Å²) in [6, 6.07) is 10.7. The summed E-state index contributed by atoms with van der Waals surface area (Å²) in [7, 11) is -3.77. The maximum Gasteiger partial charge on any atom is 0.308 e. The first-order valence-corrected chi connectivity index (χ1v) is 12.3. The fourth-order valence-electron chi connectivity index (χ4n) is 3.42. The summed E-state index contributed by atoms with van der Waals surface area (Å²) in [6.07, 6.45) is 1.20. The number of carbonyl (C=O) groups excluding carboxylic acids is 1. The normalized spacial score (nSPS) is 12.6. The molecule has 0 amide bonds. The van der Waals surface area contributed by atoms with E-state index < -0.39 is 10.1 Å². The van der Waals surface area contributed by atoms with E-state index in [4.69, 9.17) is 8.92 Å². The lowest BCUT2D eigenvalue weighted by Gasteiger charge is -2.30. The molecule has 0 aliphatic carbocycles. The Morgan fingerprint density at radius 3 is 1.84 bits per heavy atom. The molecule has 2 rings (SSSR count). The Bertz CT molecular complexity index is 1020. The van der Waals surface area contributed by atoms with Crippen LogP contribution in [0.5, 0.6) is 5.75 Å². The van der Waals surface area contributed by atoms with E-state index in [0.717, 1.165) is 22.3 Å². The molecule has 0 bridgehead atoms. The summed E-state index contributed by atoms with van der Waals surface area (Å²) in [5.74, 6) is 0.280. The highest BCUT2D eigenvalue weighted by Crippen LogP contribution is 2.41. The summed E-state index contributed by atoms with van der Waals surface area (Å²) in [5.41, 5.74) is 3.52. The van der Waals surface area contributed by atoms with E-state index in [1.807, 2.05) is 6.92 Å². The van der Waals surface area contributed by atoms with E-state index in [1.165, 1.54) is 6.92 Å². The molecule has 0 heterocycles. The third kappa shape index (κ3) is 6.91. The van der Waals surface area contributed by atoms with E-state index in [9.17, 15) is 13.2 Å². The molecule has 0 saturated carbocycles. The zero-order valence-electron chi connectivity index (χ0n) is 20.5. The lowest BCUT2D eigenvalue weighted by molar-refractivity contribution is -0.132. The van der Waals surface area contributed by atoms with Crippen molar-refractivity contribution in [3.63, 3.8) is 0 Å². The van der Waals surface area contributed by atoms with Crippen molar-refractivity contribution in [2.75, 3.05) is 6.61 Å². The van der Waals surface area contributed by atoms with Crippen LogP contribution in [0.3, 0.4) is 0 Å². The zero-order valence-corrected chi connectivity index (χ0v) is 21.4. The van der Waals surface area contributed by atoms with Crippen molar-refractivity contribution in [3.8, 4) is 5.75 Å². The van der Waals surface area contributed by atoms with Gasteiger partial charge in [-0.15, -0.1) is 0 Å². The van der Waals surface area contributed by atoms with Gasteiger partial charge in [0.1, 0.15) is 5.75 Å². The molecule has 0 aliphatic heterocycles. The third-order valence-corrected chi connectivity index (χ3v) is 6.49. The molecule has 0 saturated heterocycles. The zero-order chi connectivity index (χ0) is 24.3. The Morgan fingerprint density at radius 1 is 0.906 bits per heavy atom. The molecule has 32 heavy (non-hydrogen) atoms. The average Bonchev–Trinajstić information content (AvgIpc) is 2.64. The number of esters is 1. The second kappa shape index (κ2) is 9.75. The van der Waals surface area contributed by atoms with Crippen LogP contribution in [0, 0.1) is 6.92 Å². The lowest BCUT2D eigenvalue weighted by atomic mass is 9.78. The smallest absolute Gasteiger partial charge is 0.308 e. The Balaban J connectivity index is 2.24. The van der Waals surface area contributed by atoms with Gasteiger partial charge >= 0.3 is 5.97 Å². The standard InChI is InChI=1S/C26H36O5S/c1-18-11-13-21(14-12-18)32(28,29)30-15-9-10-20-16-22(25(3,4)5)24(31-19(2)27)23(17-20)26(6,7)8/h11-14,16-17H,9-10,15H2,1-8H3. The summed E-state index contributed by atoms with van der Waals surface area (Å²) in [5, 5.41) is 0. The van der Waals surface area contributed by atoms with E-state index in [0.29, 0.717) is 18.6 Å². The van der Waals surface area contributed by atoms with E-state index in [2.05, 4.69) is 53.7 Å². The molecule has 6 heteroatoms. The predicted octanol–water partition coefficient (Wildman–Crippen LogP) is 5.85. The molecule has 0 spiro atoms. The summed E-state index contributed by atoms with van der Waals surface area (Å²) >= 11 is 0. The van der Waals surface area contributed by atoms with Crippen LogP contribution >= 0.6 is 0 Å². The van der Waals surface area contributed by atoms with Crippen molar-refractivity contribution < 1.29 is 22.1 Å². The Labute approximate surface area is 193 Å². The lowest BCUT2D eigenvalue weighted by Crippen LogP contribution is -2.21. The van der Waals surface area contributed by atoms with Crippen LogP contribution in [0.4, 0.5) is 0 Å². The second-order valence-corrected chi connectivity index (χ2v) is 11.9. The largest absolute Gasteiger partial charge is 0.426 e. The van der Waals surface area contributed by atoms with Crippen LogP contribution in [0.15, 0.2) is 41.3 Å². The highest BCUT2D eigenvalue weighted by Gasteiger charge is 2.28. The minimum atomic E-state index is -3.77. The molecule has 176 valence electrons. The number of benzene rings is 2. The molecule has 0 N–H and O–H groups in total. The monoisotopic (exact) mass is 460 g/mol. The first-order chi connectivity index (χ1) is 14.6. The highest BCUT2D eigenvalue weighted by molar-refractivity contribution is 7.86. The van der Waals surface area contributed by atoms with Crippen molar-refractivity contribution in [2.24, 2.45) is 0 Å². The quantitative estimate of drug-likeness (QED) is 0.224. The van der Waals surface area contributed by atoms with E-state index in [-0.39, 0.29) is 28.3 Å². The fourth-order valence-corrected chi connectivity index (χ4v) is 4.36. The Kier molecular flexibility index (Phi) is 7.95. The van der Waals surface area contributed by atoms with Gasteiger partial charge in [-0.05, 0) is 48.3 Å². The van der Waals surface area contributed by atoms with Crippen molar-refractivity contribution in [3.05, 3.63) is 58.7 Å². The van der Waals surface area contributed by atoms with E-state index >= 15 is 0 Å². The second-order valence-electron chi connectivity index (χ2n) is 10.3. The van der Waals surface area contributed by atoms with Gasteiger partial charge in [-0.3, -0.25) is 8.98 Å². The molecule has 0 radical (unpaired) electrons. The number of hydrogen-bond acceptors (Lipinski definition) is 5. The number of rotatable bonds is 7. The van der Waals surface area contributed by atoms with Crippen molar-refractivity contribution >= 4 is 16.1 Å². The fraction of sp³-hybridized carbons (Fsp3) is 0.500. The van der Waals surface area contributed by atoms with Gasteiger partial charge in [0.2, 0.25) is 0 Å².